The van der Waals surface area contributed by atoms with Crippen molar-refractivity contribution in [1.82, 2.24) is 14.9 Å². The number of aromatic nitrogens is 2. The summed E-state index contributed by atoms with van der Waals surface area (Å²) in [7, 11) is 0. The number of nitrogens with zero attached hydrogens (tertiary/aromatic N) is 4. The zero-order chi connectivity index (χ0) is 19.2. The monoisotopic (exact) mass is 385 g/mol. The van der Waals surface area contributed by atoms with Crippen LogP contribution in [0.5, 0.6) is 0 Å². The van der Waals surface area contributed by atoms with Gasteiger partial charge >= 0.3 is 0 Å². The van der Waals surface area contributed by atoms with Gasteiger partial charge in [-0.2, -0.15) is 4.98 Å². The lowest BCUT2D eigenvalue weighted by Crippen LogP contribution is -2.48. The molecule has 2 saturated heterocycles. The Morgan fingerprint density at radius 3 is 2.50 bits per heavy atom. The van der Waals surface area contributed by atoms with Gasteiger partial charge < -0.3 is 15.0 Å². The van der Waals surface area contributed by atoms with Gasteiger partial charge in [0.2, 0.25) is 5.95 Å². The highest BCUT2D eigenvalue weighted by molar-refractivity contribution is 5.53. The van der Waals surface area contributed by atoms with Gasteiger partial charge in [-0.15, -0.1) is 0 Å². The first-order valence-electron chi connectivity index (χ1n) is 11.4. The minimum Gasteiger partial charge on any atom is -0.356 e. The Kier molecular flexibility index (Phi) is 6.78. The summed E-state index contributed by atoms with van der Waals surface area (Å²) in [4.78, 5) is 25.4. The zero-order valence-electron chi connectivity index (χ0n) is 17.1. The second-order valence-corrected chi connectivity index (χ2v) is 8.82. The molecule has 0 spiro atoms. The van der Waals surface area contributed by atoms with Crippen LogP contribution in [-0.4, -0.2) is 59.4 Å². The molecular weight excluding hydrogens is 350 g/mol. The van der Waals surface area contributed by atoms with Crippen LogP contribution in [0.2, 0.25) is 0 Å². The Balaban J connectivity index is 1.33. The third-order valence-electron chi connectivity index (χ3n) is 6.81. The van der Waals surface area contributed by atoms with E-state index in [-0.39, 0.29) is 0 Å². The summed E-state index contributed by atoms with van der Waals surface area (Å²) in [5.74, 6) is 2.14. The summed E-state index contributed by atoms with van der Waals surface area (Å²) in [6.45, 7) is 4.46. The van der Waals surface area contributed by atoms with Gasteiger partial charge in [-0.1, -0.05) is 12.8 Å². The lowest BCUT2D eigenvalue weighted by atomic mass is 9.85. The number of rotatable bonds is 5. The van der Waals surface area contributed by atoms with Gasteiger partial charge in [0.05, 0.1) is 0 Å². The predicted octanol–water partition coefficient (Wildman–Crippen LogP) is 3.49. The average molecular weight is 386 g/mol. The predicted molar refractivity (Wildman–Crippen MR) is 113 cm³/mol. The van der Waals surface area contributed by atoms with Gasteiger partial charge in [0.15, 0.2) is 0 Å². The topological polar surface area (TPSA) is 61.4 Å². The van der Waals surface area contributed by atoms with E-state index >= 15 is 0 Å². The maximum atomic E-state index is 11.0. The first-order valence-corrected chi connectivity index (χ1v) is 11.4. The van der Waals surface area contributed by atoms with Crippen LogP contribution in [0, 0.1) is 5.92 Å². The number of carbonyl (C=O) groups is 1. The van der Waals surface area contributed by atoms with Crippen LogP contribution >= 0.6 is 0 Å². The van der Waals surface area contributed by atoms with E-state index in [0.29, 0.717) is 18.0 Å². The minimum absolute atomic E-state index is 0.296. The van der Waals surface area contributed by atoms with E-state index in [0.717, 1.165) is 63.4 Å². The van der Waals surface area contributed by atoms with Crippen LogP contribution in [0.3, 0.4) is 0 Å². The molecule has 0 amide bonds. The van der Waals surface area contributed by atoms with E-state index in [1.165, 1.54) is 45.1 Å². The second-order valence-electron chi connectivity index (χ2n) is 8.82. The number of hydrogen-bond acceptors (Lipinski definition) is 6. The molecule has 154 valence electrons. The summed E-state index contributed by atoms with van der Waals surface area (Å²) in [5.41, 5.74) is 0. The van der Waals surface area contributed by atoms with Gasteiger partial charge in [0.25, 0.3) is 0 Å². The van der Waals surface area contributed by atoms with Crippen molar-refractivity contribution >= 4 is 18.1 Å². The van der Waals surface area contributed by atoms with E-state index < -0.39 is 0 Å². The molecule has 3 aliphatic rings. The molecule has 1 atom stereocenters. The smallest absolute Gasteiger partial charge is 0.224 e. The van der Waals surface area contributed by atoms with E-state index in [1.807, 2.05) is 6.20 Å². The van der Waals surface area contributed by atoms with Crippen LogP contribution < -0.4 is 10.2 Å². The average Bonchev–Trinajstić information content (AvgIpc) is 3.04. The van der Waals surface area contributed by atoms with E-state index in [4.69, 9.17) is 4.98 Å². The molecule has 28 heavy (non-hydrogen) atoms. The molecule has 6 heteroatoms. The second kappa shape index (κ2) is 9.68. The van der Waals surface area contributed by atoms with Crippen molar-refractivity contribution < 1.29 is 4.79 Å². The SMILES string of the molecule is O=CC1CCC(N2CCC[C@H](Nc3nccc(N4CCCCCC4)n3)C2)CC1. The molecule has 1 aromatic heterocycles. The standard InChI is InChI=1S/C22H35N5O/c28-17-18-7-9-20(10-8-18)27-15-5-6-19(16-27)24-22-23-12-11-21(25-22)26-13-3-1-2-4-14-26/h11-12,17-20H,1-10,13-16H2,(H,23,24,25)/t18?,19-,20?/m0/s1. The third-order valence-corrected chi connectivity index (χ3v) is 6.81. The highest BCUT2D eigenvalue weighted by atomic mass is 16.1. The molecule has 1 N–H and O–H groups in total. The Bertz CT molecular complexity index is 623. The maximum absolute atomic E-state index is 11.0. The summed E-state index contributed by atoms with van der Waals surface area (Å²) >= 11 is 0. The molecule has 1 saturated carbocycles. The summed E-state index contributed by atoms with van der Waals surface area (Å²) in [6.07, 6.45) is 15.1. The van der Waals surface area contributed by atoms with Crippen LogP contribution in [-0.2, 0) is 4.79 Å². The van der Waals surface area contributed by atoms with E-state index in [9.17, 15) is 4.79 Å². The molecule has 1 aromatic rings. The molecule has 0 radical (unpaired) electrons. The Morgan fingerprint density at radius 2 is 1.75 bits per heavy atom. The number of likely N-dealkylation sites (tertiary alicyclic amines) is 1. The maximum Gasteiger partial charge on any atom is 0.224 e. The number of aldehydes is 1. The normalized spacial score (nSPS) is 29.9. The summed E-state index contributed by atoms with van der Waals surface area (Å²) in [6, 6.07) is 3.11. The Morgan fingerprint density at radius 1 is 0.964 bits per heavy atom. The third kappa shape index (κ3) is 5.02. The van der Waals surface area contributed by atoms with Crippen molar-refractivity contribution in [2.24, 2.45) is 5.92 Å². The fourth-order valence-corrected chi connectivity index (χ4v) is 5.14. The minimum atomic E-state index is 0.296. The quantitative estimate of drug-likeness (QED) is 0.783. The molecule has 4 rings (SSSR count). The van der Waals surface area contributed by atoms with Crippen molar-refractivity contribution in [1.29, 1.82) is 0 Å². The zero-order valence-corrected chi connectivity index (χ0v) is 17.1. The fourth-order valence-electron chi connectivity index (χ4n) is 5.14. The molecule has 0 aromatic carbocycles. The number of anilines is 2. The van der Waals surface area contributed by atoms with Crippen molar-refractivity contribution in [3.05, 3.63) is 12.3 Å². The Hall–Kier alpha value is -1.69. The lowest BCUT2D eigenvalue weighted by Gasteiger charge is -2.41. The molecule has 0 bridgehead atoms. The molecule has 0 unspecified atom stereocenters. The van der Waals surface area contributed by atoms with Crippen LogP contribution in [0.25, 0.3) is 0 Å². The van der Waals surface area contributed by atoms with Crippen molar-refractivity contribution in [3.63, 3.8) is 0 Å². The lowest BCUT2D eigenvalue weighted by molar-refractivity contribution is -0.112. The molecular formula is C22H35N5O. The van der Waals surface area contributed by atoms with Crippen LogP contribution in [0.4, 0.5) is 11.8 Å². The number of piperidine rings is 1. The number of hydrogen-bond donors (Lipinski definition) is 1. The Labute approximate surface area is 169 Å². The van der Waals surface area contributed by atoms with E-state index in [1.54, 1.807) is 0 Å². The fraction of sp³-hybridized carbons (Fsp3) is 0.773. The molecule has 6 nitrogen and oxygen atoms in total. The number of carbonyl (C=O) groups excluding carboxylic acids is 1. The summed E-state index contributed by atoms with van der Waals surface area (Å²) < 4.78 is 0. The van der Waals surface area contributed by atoms with Gasteiger partial charge in [-0.3, -0.25) is 4.90 Å². The first-order chi connectivity index (χ1) is 13.8. The first kappa shape index (κ1) is 19.6. The highest BCUT2D eigenvalue weighted by Gasteiger charge is 2.29. The van der Waals surface area contributed by atoms with Gasteiger partial charge in [-0.25, -0.2) is 4.98 Å². The largest absolute Gasteiger partial charge is 0.356 e. The van der Waals surface area contributed by atoms with E-state index in [2.05, 4.69) is 26.2 Å². The van der Waals surface area contributed by atoms with Crippen molar-refractivity contribution in [2.45, 2.75) is 76.3 Å². The molecule has 1 aliphatic carbocycles. The van der Waals surface area contributed by atoms with Crippen molar-refractivity contribution in [2.75, 3.05) is 36.4 Å². The van der Waals surface area contributed by atoms with Crippen molar-refractivity contribution in [3.8, 4) is 0 Å². The number of nitrogens with one attached hydrogen (secondary N) is 1. The highest BCUT2D eigenvalue weighted by Crippen LogP contribution is 2.29. The molecule has 2 aliphatic heterocycles. The molecule has 3 fully saturated rings. The van der Waals surface area contributed by atoms with Crippen LogP contribution in [0.15, 0.2) is 12.3 Å². The van der Waals surface area contributed by atoms with Crippen LogP contribution in [0.1, 0.15) is 64.2 Å². The van der Waals surface area contributed by atoms with Gasteiger partial charge in [0.1, 0.15) is 12.1 Å². The van der Waals surface area contributed by atoms with Gasteiger partial charge in [0, 0.05) is 43.8 Å². The summed E-state index contributed by atoms with van der Waals surface area (Å²) in [5, 5.41) is 3.62. The van der Waals surface area contributed by atoms with Gasteiger partial charge in [-0.05, 0) is 64.0 Å². The molecule has 3 heterocycles.